The molecule has 4 heavy (non-hydrogen) atoms. The standard InChI is InChI=1S/La.2H2O.Pr/h;2*1H2;. The zero-order valence-corrected chi connectivity index (χ0v) is 9.48. The fourth-order valence-electron chi connectivity index (χ4n) is 0. The second kappa shape index (κ2) is 17.9. The summed E-state index contributed by atoms with van der Waals surface area (Å²) >= 11 is 0. The number of hydrogen-bond acceptors (Lipinski definition) is 0. The Hall–Kier alpha value is 2.48. The second-order valence-corrected chi connectivity index (χ2v) is 0. The molecule has 0 aliphatic carbocycles. The van der Waals surface area contributed by atoms with E-state index in [4.69, 9.17) is 0 Å². The molecule has 0 atom stereocenters. The largest absolute Gasteiger partial charge is 0.412 e. The molecular weight excluding hydrogens is 312 g/mol. The van der Waals surface area contributed by atoms with E-state index < -0.39 is 0 Å². The Morgan fingerprint density at radius 2 is 0.750 bits per heavy atom. The van der Waals surface area contributed by atoms with Gasteiger partial charge < -0.3 is 11.0 Å². The molecule has 0 aromatic heterocycles. The van der Waals surface area contributed by atoms with Crippen LogP contribution in [0.2, 0.25) is 0 Å². The van der Waals surface area contributed by atoms with E-state index in [0.717, 1.165) is 0 Å². The molecule has 0 aliphatic rings. The van der Waals surface area contributed by atoms with Crippen LogP contribution in [0, 0.1) is 76.9 Å². The molecule has 4 N–H and O–H groups in total. The van der Waals surface area contributed by atoms with Crippen LogP contribution in [0.1, 0.15) is 0 Å². The number of hydrogen-bond donors (Lipinski definition) is 0. The Bertz CT molecular complexity index is 6.00. The molecule has 0 amide bonds. The van der Waals surface area contributed by atoms with E-state index in [9.17, 15) is 0 Å². The van der Waals surface area contributed by atoms with Gasteiger partial charge in [-0.2, -0.15) is 0 Å². The molecule has 0 aromatic rings. The van der Waals surface area contributed by atoms with Gasteiger partial charge in [0.25, 0.3) is 0 Å². The molecule has 2 nitrogen and oxygen atoms in total. The van der Waals surface area contributed by atoms with Gasteiger partial charge in [-0.15, -0.1) is 0 Å². The van der Waals surface area contributed by atoms with Crippen molar-refractivity contribution in [2.45, 2.75) is 0 Å². The van der Waals surface area contributed by atoms with Gasteiger partial charge >= 0.3 is 0 Å². The first-order chi connectivity index (χ1) is 0. The maximum Gasteiger partial charge on any atom is 0 e. The Labute approximate surface area is 85.9 Å². The molecule has 0 rings (SSSR count). The van der Waals surface area contributed by atoms with Gasteiger partial charge in [0.15, 0.2) is 0 Å². The first kappa shape index (κ1) is 31.7. The maximum atomic E-state index is 0. The summed E-state index contributed by atoms with van der Waals surface area (Å²) in [5.74, 6) is 0. The van der Waals surface area contributed by atoms with Crippen molar-refractivity contribution in [1.82, 2.24) is 0 Å². The van der Waals surface area contributed by atoms with E-state index in [-0.39, 0.29) is 87.8 Å². The van der Waals surface area contributed by atoms with Gasteiger partial charge in [-0.05, 0) is 0 Å². The molecule has 0 bridgehead atoms. The van der Waals surface area contributed by atoms with Crippen molar-refractivity contribution in [2.75, 3.05) is 0 Å². The topological polar surface area (TPSA) is 63.0 Å². The van der Waals surface area contributed by atoms with Crippen molar-refractivity contribution < 1.29 is 87.8 Å². The molecule has 0 fully saturated rings. The SMILES string of the molecule is O.O.[La].[Pr]. The van der Waals surface area contributed by atoms with Gasteiger partial charge in [-0.25, -0.2) is 0 Å². The molecule has 0 saturated heterocycles. The molecule has 0 saturated carbocycles. The summed E-state index contributed by atoms with van der Waals surface area (Å²) in [5.41, 5.74) is 0. The van der Waals surface area contributed by atoms with E-state index in [1.54, 1.807) is 0 Å². The molecule has 2 radical (unpaired) electrons. The molecule has 0 aromatic carbocycles. The summed E-state index contributed by atoms with van der Waals surface area (Å²) in [4.78, 5) is 0. The molecule has 22 valence electrons. The van der Waals surface area contributed by atoms with Crippen LogP contribution in [0.4, 0.5) is 0 Å². The van der Waals surface area contributed by atoms with Gasteiger partial charge in [-0.1, -0.05) is 0 Å². The summed E-state index contributed by atoms with van der Waals surface area (Å²) in [6.07, 6.45) is 0. The summed E-state index contributed by atoms with van der Waals surface area (Å²) < 4.78 is 0. The second-order valence-electron chi connectivity index (χ2n) is 0. The predicted octanol–water partition coefficient (Wildman–Crippen LogP) is -1.65. The molecule has 4 heteroatoms. The Morgan fingerprint density at radius 3 is 0.750 bits per heavy atom. The first-order valence-electron chi connectivity index (χ1n) is 0. The van der Waals surface area contributed by atoms with Gasteiger partial charge in [0.05, 0.1) is 0 Å². The third-order valence-electron chi connectivity index (χ3n) is 0. The zero-order chi connectivity index (χ0) is 0. The van der Waals surface area contributed by atoms with Gasteiger partial charge in [-0.3, -0.25) is 0 Å². The predicted molar refractivity (Wildman–Crippen MR) is 7.23 cm³/mol. The van der Waals surface area contributed by atoms with Crippen molar-refractivity contribution in [1.29, 1.82) is 0 Å². The molecule has 0 aliphatic heterocycles. The van der Waals surface area contributed by atoms with Crippen LogP contribution in [0.5, 0.6) is 0 Å². The Balaban J connectivity index is 0. The summed E-state index contributed by atoms with van der Waals surface area (Å²) in [5, 5.41) is 0. The van der Waals surface area contributed by atoms with Crippen LogP contribution in [-0.4, -0.2) is 11.0 Å². The number of rotatable bonds is 0. The molecular formula is H4LaO2Pr. The zero-order valence-electron chi connectivity index (χ0n) is 2.15. The summed E-state index contributed by atoms with van der Waals surface area (Å²) in [7, 11) is 0. The molecule has 0 spiro atoms. The van der Waals surface area contributed by atoms with Crippen LogP contribution in [0.3, 0.4) is 0 Å². The van der Waals surface area contributed by atoms with Crippen molar-refractivity contribution >= 4 is 0 Å². The van der Waals surface area contributed by atoms with Gasteiger partial charge in [0.1, 0.15) is 0 Å². The minimum absolute atomic E-state index is 0. The summed E-state index contributed by atoms with van der Waals surface area (Å²) in [6.45, 7) is 0. The fourth-order valence-corrected chi connectivity index (χ4v) is 0. The first-order valence-corrected chi connectivity index (χ1v) is 0. The van der Waals surface area contributed by atoms with Crippen LogP contribution >= 0.6 is 0 Å². The minimum atomic E-state index is 0. The van der Waals surface area contributed by atoms with Crippen LogP contribution in [0.25, 0.3) is 0 Å². The average molecular weight is 316 g/mol. The van der Waals surface area contributed by atoms with Crippen molar-refractivity contribution in [3.8, 4) is 0 Å². The Kier molecular flexibility index (Phi) is 142. The van der Waals surface area contributed by atoms with Crippen LogP contribution in [0.15, 0.2) is 0 Å². The summed E-state index contributed by atoms with van der Waals surface area (Å²) in [6, 6.07) is 0. The maximum absolute atomic E-state index is 0. The quantitative estimate of drug-likeness (QED) is 0.514. The smallest absolute Gasteiger partial charge is 0 e. The Morgan fingerprint density at radius 1 is 0.750 bits per heavy atom. The third kappa shape index (κ3) is 8.82. The van der Waals surface area contributed by atoms with Crippen molar-refractivity contribution in [3.05, 3.63) is 0 Å². The monoisotopic (exact) mass is 316 g/mol. The van der Waals surface area contributed by atoms with Gasteiger partial charge in [0, 0.05) is 76.9 Å². The third-order valence-corrected chi connectivity index (χ3v) is 0. The van der Waals surface area contributed by atoms with E-state index >= 15 is 0 Å². The molecule has 0 heterocycles. The van der Waals surface area contributed by atoms with E-state index in [1.165, 1.54) is 0 Å². The average Bonchev–Trinajstić information content (AvgIpc) is 0. The van der Waals surface area contributed by atoms with Crippen LogP contribution in [-0.2, 0) is 0 Å². The normalized spacial score (nSPS) is 0. The van der Waals surface area contributed by atoms with Crippen molar-refractivity contribution in [2.24, 2.45) is 0 Å². The van der Waals surface area contributed by atoms with E-state index in [0.29, 0.717) is 0 Å². The fraction of sp³-hybridized carbons (Fsp3) is 0. The van der Waals surface area contributed by atoms with Crippen LogP contribution < -0.4 is 0 Å². The van der Waals surface area contributed by atoms with E-state index in [2.05, 4.69) is 0 Å². The van der Waals surface area contributed by atoms with Gasteiger partial charge in [0.2, 0.25) is 0 Å². The van der Waals surface area contributed by atoms with E-state index in [1.807, 2.05) is 0 Å². The minimum Gasteiger partial charge on any atom is -0.412 e. The molecule has 0 unspecified atom stereocenters. The van der Waals surface area contributed by atoms with Crippen molar-refractivity contribution in [3.63, 3.8) is 0 Å².